The molecule has 1 aromatic carbocycles. The second-order valence-electron chi connectivity index (χ2n) is 4.46. The third kappa shape index (κ3) is 2.72. The lowest BCUT2D eigenvalue weighted by atomic mass is 10.0. The predicted octanol–water partition coefficient (Wildman–Crippen LogP) is 2.63. The molecular weight excluding hydrogens is 229 g/mol. The zero-order valence-electron chi connectivity index (χ0n) is 9.59. The van der Waals surface area contributed by atoms with E-state index in [1.165, 1.54) is 4.90 Å². The summed E-state index contributed by atoms with van der Waals surface area (Å²) < 4.78 is 37.0. The number of anilines is 1. The Labute approximate surface area is 98.2 Å². The third-order valence-corrected chi connectivity index (χ3v) is 2.99. The Morgan fingerprint density at radius 2 is 2.12 bits per heavy atom. The average Bonchev–Trinajstić information content (AvgIpc) is 2.58. The Morgan fingerprint density at radius 1 is 1.41 bits per heavy atom. The summed E-state index contributed by atoms with van der Waals surface area (Å²) in [6, 6.07) is 5.37. The van der Waals surface area contributed by atoms with Gasteiger partial charge in [0.25, 0.3) is 0 Å². The van der Waals surface area contributed by atoms with Gasteiger partial charge in [-0.25, -0.2) is 0 Å². The van der Waals surface area contributed by atoms with Crippen molar-refractivity contribution in [1.29, 1.82) is 0 Å². The highest BCUT2D eigenvalue weighted by molar-refractivity contribution is 5.59. The number of nitrogens with two attached hydrogens (primary N) is 1. The maximum atomic E-state index is 12.3. The van der Waals surface area contributed by atoms with Gasteiger partial charge >= 0.3 is 6.18 Å². The van der Waals surface area contributed by atoms with Crippen LogP contribution in [-0.4, -0.2) is 19.3 Å². The van der Waals surface area contributed by atoms with Crippen LogP contribution in [-0.2, 0) is 6.42 Å². The molecule has 0 aromatic heterocycles. The molecule has 0 saturated heterocycles. The molecule has 0 fully saturated rings. The van der Waals surface area contributed by atoms with Crippen LogP contribution in [0.2, 0.25) is 0 Å². The lowest BCUT2D eigenvalue weighted by molar-refractivity contribution is -0.119. The molecule has 2 N–H and O–H groups in total. The first-order valence-electron chi connectivity index (χ1n) is 5.57. The van der Waals surface area contributed by atoms with E-state index in [1.54, 1.807) is 12.1 Å². The zero-order valence-corrected chi connectivity index (χ0v) is 9.59. The number of halogens is 3. The van der Waals surface area contributed by atoms with Crippen molar-refractivity contribution in [1.82, 2.24) is 0 Å². The van der Waals surface area contributed by atoms with E-state index in [4.69, 9.17) is 5.73 Å². The normalized spacial score (nSPS) is 17.1. The molecule has 1 aliphatic heterocycles. The molecule has 0 saturated carbocycles. The lowest BCUT2D eigenvalue weighted by Gasteiger charge is -2.21. The summed E-state index contributed by atoms with van der Waals surface area (Å²) >= 11 is 0. The molecule has 5 heteroatoms. The summed E-state index contributed by atoms with van der Waals surface area (Å²) in [5.74, 6) is 0. The first-order chi connectivity index (χ1) is 7.87. The molecule has 0 bridgehead atoms. The molecule has 94 valence electrons. The van der Waals surface area contributed by atoms with E-state index in [0.29, 0.717) is 18.7 Å². The van der Waals surface area contributed by atoms with Crippen molar-refractivity contribution in [3.05, 3.63) is 29.3 Å². The topological polar surface area (TPSA) is 29.3 Å². The van der Waals surface area contributed by atoms with Gasteiger partial charge in [-0.15, -0.1) is 0 Å². The van der Waals surface area contributed by atoms with Gasteiger partial charge in [-0.05, 0) is 30.5 Å². The first-order valence-corrected chi connectivity index (χ1v) is 5.57. The third-order valence-electron chi connectivity index (χ3n) is 2.99. The minimum absolute atomic E-state index is 0.0861. The van der Waals surface area contributed by atoms with Crippen molar-refractivity contribution in [2.45, 2.75) is 25.6 Å². The van der Waals surface area contributed by atoms with E-state index >= 15 is 0 Å². The molecule has 0 aliphatic carbocycles. The van der Waals surface area contributed by atoms with Gasteiger partial charge in [-0.3, -0.25) is 0 Å². The van der Waals surface area contributed by atoms with Crippen LogP contribution >= 0.6 is 0 Å². The van der Waals surface area contributed by atoms with Gasteiger partial charge in [-0.1, -0.05) is 12.1 Å². The van der Waals surface area contributed by atoms with Crippen molar-refractivity contribution in [2.24, 2.45) is 5.73 Å². The molecule has 0 amide bonds. The highest BCUT2D eigenvalue weighted by atomic mass is 19.4. The van der Waals surface area contributed by atoms with E-state index in [0.717, 1.165) is 11.1 Å². The van der Waals surface area contributed by atoms with Gasteiger partial charge in [0.1, 0.15) is 6.54 Å². The Hall–Kier alpha value is -1.23. The van der Waals surface area contributed by atoms with Crippen molar-refractivity contribution in [2.75, 3.05) is 18.0 Å². The van der Waals surface area contributed by atoms with Crippen LogP contribution in [0.4, 0.5) is 18.9 Å². The molecule has 0 spiro atoms. The van der Waals surface area contributed by atoms with Gasteiger partial charge < -0.3 is 10.6 Å². The second-order valence-corrected chi connectivity index (χ2v) is 4.46. The van der Waals surface area contributed by atoms with E-state index in [9.17, 15) is 13.2 Å². The molecule has 2 rings (SSSR count). The van der Waals surface area contributed by atoms with E-state index < -0.39 is 12.7 Å². The van der Waals surface area contributed by atoms with Crippen LogP contribution in [0.5, 0.6) is 0 Å². The summed E-state index contributed by atoms with van der Waals surface area (Å²) in [5, 5.41) is 0. The van der Waals surface area contributed by atoms with E-state index in [2.05, 4.69) is 0 Å². The van der Waals surface area contributed by atoms with Crippen molar-refractivity contribution >= 4 is 5.69 Å². The summed E-state index contributed by atoms with van der Waals surface area (Å²) in [6.07, 6.45) is -3.49. The highest BCUT2D eigenvalue weighted by Gasteiger charge is 2.33. The number of rotatable bonds is 2. The van der Waals surface area contributed by atoms with E-state index in [-0.39, 0.29) is 6.04 Å². The molecule has 1 unspecified atom stereocenters. The molecular formula is C12H15F3N2. The minimum atomic E-state index is -4.15. The summed E-state index contributed by atoms with van der Waals surface area (Å²) in [7, 11) is 0. The Bertz CT molecular complexity index is 413. The largest absolute Gasteiger partial charge is 0.405 e. The van der Waals surface area contributed by atoms with E-state index in [1.807, 2.05) is 13.0 Å². The van der Waals surface area contributed by atoms with Crippen LogP contribution in [0.3, 0.4) is 0 Å². The Morgan fingerprint density at radius 3 is 2.71 bits per heavy atom. The van der Waals surface area contributed by atoms with Crippen LogP contribution in [0.15, 0.2) is 18.2 Å². The van der Waals surface area contributed by atoms with Gasteiger partial charge in [0.2, 0.25) is 0 Å². The SMILES string of the molecule is CC(N)c1ccc2c(c1)CCN2CC(F)(F)F. The fraction of sp³-hybridized carbons (Fsp3) is 0.500. The van der Waals surface area contributed by atoms with Gasteiger partial charge in [0.15, 0.2) is 0 Å². The van der Waals surface area contributed by atoms with Crippen LogP contribution in [0.1, 0.15) is 24.1 Å². The number of alkyl halides is 3. The standard InChI is InChI=1S/C12H15F3N2/c1-8(16)9-2-3-11-10(6-9)4-5-17(11)7-12(13,14)15/h2-3,6,8H,4-5,7,16H2,1H3. The van der Waals surface area contributed by atoms with Crippen LogP contribution in [0.25, 0.3) is 0 Å². The summed E-state index contributed by atoms with van der Waals surface area (Å²) in [6.45, 7) is 1.42. The molecule has 1 aromatic rings. The average molecular weight is 244 g/mol. The molecule has 17 heavy (non-hydrogen) atoms. The fourth-order valence-corrected chi connectivity index (χ4v) is 2.15. The first kappa shape index (κ1) is 12.2. The van der Waals surface area contributed by atoms with Crippen molar-refractivity contribution in [3.8, 4) is 0 Å². The predicted molar refractivity (Wildman–Crippen MR) is 61.0 cm³/mol. The fourth-order valence-electron chi connectivity index (χ4n) is 2.15. The summed E-state index contributed by atoms with van der Waals surface area (Å²) in [5.41, 5.74) is 8.37. The van der Waals surface area contributed by atoms with Gasteiger partial charge in [0, 0.05) is 18.3 Å². The second kappa shape index (κ2) is 4.22. The monoisotopic (exact) mass is 244 g/mol. The Balaban J connectivity index is 2.22. The Kier molecular flexibility index (Phi) is 3.03. The maximum absolute atomic E-state index is 12.3. The van der Waals surface area contributed by atoms with Crippen LogP contribution in [0, 0.1) is 0 Å². The number of hydrogen-bond acceptors (Lipinski definition) is 2. The van der Waals surface area contributed by atoms with Crippen LogP contribution < -0.4 is 10.6 Å². The van der Waals surface area contributed by atoms with Crippen molar-refractivity contribution in [3.63, 3.8) is 0 Å². The quantitative estimate of drug-likeness (QED) is 0.866. The molecule has 0 radical (unpaired) electrons. The molecule has 1 aliphatic rings. The highest BCUT2D eigenvalue weighted by Crippen LogP contribution is 2.32. The van der Waals surface area contributed by atoms with Gasteiger partial charge in [0.05, 0.1) is 0 Å². The smallest absolute Gasteiger partial charge is 0.362 e. The molecule has 1 atom stereocenters. The summed E-state index contributed by atoms with van der Waals surface area (Å²) in [4.78, 5) is 1.38. The van der Waals surface area contributed by atoms with Gasteiger partial charge in [-0.2, -0.15) is 13.2 Å². The number of fused-ring (bicyclic) bond motifs is 1. The molecule has 2 nitrogen and oxygen atoms in total. The number of benzene rings is 1. The number of nitrogens with zero attached hydrogens (tertiary/aromatic N) is 1. The molecule has 1 heterocycles. The maximum Gasteiger partial charge on any atom is 0.405 e. The zero-order chi connectivity index (χ0) is 12.6. The van der Waals surface area contributed by atoms with Crippen molar-refractivity contribution < 1.29 is 13.2 Å². The number of hydrogen-bond donors (Lipinski definition) is 1. The minimum Gasteiger partial charge on any atom is -0.362 e. The lowest BCUT2D eigenvalue weighted by Crippen LogP contribution is -2.32.